The Hall–Kier alpha value is -2.37. The monoisotopic (exact) mass is 229 g/mol. The van der Waals surface area contributed by atoms with E-state index >= 15 is 0 Å². The van der Waals surface area contributed by atoms with Gasteiger partial charge in [0.05, 0.1) is 24.2 Å². The van der Waals surface area contributed by atoms with Gasteiger partial charge in [-0.1, -0.05) is 0 Å². The van der Waals surface area contributed by atoms with Gasteiger partial charge in [-0.3, -0.25) is 0 Å². The van der Waals surface area contributed by atoms with Crippen LogP contribution >= 0.6 is 0 Å². The van der Waals surface area contributed by atoms with Crippen LogP contribution in [0.4, 0.5) is 5.69 Å². The summed E-state index contributed by atoms with van der Waals surface area (Å²) in [4.78, 5) is 0. The van der Waals surface area contributed by atoms with E-state index in [-0.39, 0.29) is 0 Å². The zero-order valence-corrected chi connectivity index (χ0v) is 9.29. The smallest absolute Gasteiger partial charge is 0.200 e. The van der Waals surface area contributed by atoms with Crippen LogP contribution in [0.15, 0.2) is 35.2 Å². The zero-order valence-electron chi connectivity index (χ0n) is 9.29. The van der Waals surface area contributed by atoms with Crippen LogP contribution in [0.25, 0.3) is 5.65 Å². The molecule has 6 heteroatoms. The van der Waals surface area contributed by atoms with Crippen LogP contribution in [0, 0.1) is 6.92 Å². The lowest BCUT2D eigenvalue weighted by Crippen LogP contribution is -2.03. The van der Waals surface area contributed by atoms with Gasteiger partial charge in [-0.2, -0.15) is 9.61 Å². The van der Waals surface area contributed by atoms with E-state index in [0.29, 0.717) is 12.2 Å². The zero-order chi connectivity index (χ0) is 11.7. The number of anilines is 1. The van der Waals surface area contributed by atoms with Crippen LogP contribution in [-0.2, 0) is 6.54 Å². The van der Waals surface area contributed by atoms with Crippen molar-refractivity contribution in [2.45, 2.75) is 13.5 Å². The second kappa shape index (κ2) is 3.89. The van der Waals surface area contributed by atoms with Crippen molar-refractivity contribution in [3.8, 4) is 0 Å². The standard InChI is InChI=1S/C11H11N5O/c1-8-5-10(11-14-13-7-16(11)15-8)12-6-9-3-2-4-17-9/h2-5,7,12H,6H2,1H3. The molecule has 0 atom stereocenters. The lowest BCUT2D eigenvalue weighted by atomic mass is 10.3. The molecule has 3 rings (SSSR count). The van der Waals surface area contributed by atoms with E-state index in [9.17, 15) is 0 Å². The largest absolute Gasteiger partial charge is 0.467 e. The van der Waals surface area contributed by atoms with E-state index in [1.165, 1.54) is 0 Å². The second-order valence-electron chi connectivity index (χ2n) is 3.73. The maximum atomic E-state index is 5.26. The van der Waals surface area contributed by atoms with Gasteiger partial charge >= 0.3 is 0 Å². The van der Waals surface area contributed by atoms with Crippen molar-refractivity contribution < 1.29 is 4.42 Å². The first kappa shape index (κ1) is 9.83. The van der Waals surface area contributed by atoms with Crippen molar-refractivity contribution in [1.29, 1.82) is 0 Å². The molecule has 1 N–H and O–H groups in total. The minimum absolute atomic E-state index is 0.610. The summed E-state index contributed by atoms with van der Waals surface area (Å²) in [7, 11) is 0. The van der Waals surface area contributed by atoms with Gasteiger partial charge in [0.1, 0.15) is 12.1 Å². The van der Waals surface area contributed by atoms with Crippen LogP contribution in [0.1, 0.15) is 11.5 Å². The Morgan fingerprint density at radius 3 is 3.24 bits per heavy atom. The quantitative estimate of drug-likeness (QED) is 0.739. The number of hydrogen-bond donors (Lipinski definition) is 1. The molecule has 0 saturated heterocycles. The third kappa shape index (κ3) is 1.84. The van der Waals surface area contributed by atoms with Crippen LogP contribution in [-0.4, -0.2) is 19.8 Å². The summed E-state index contributed by atoms with van der Waals surface area (Å²) < 4.78 is 6.91. The van der Waals surface area contributed by atoms with Crippen LogP contribution in [0.3, 0.4) is 0 Å². The SMILES string of the molecule is Cc1cc(NCc2ccco2)c2nncn2n1. The summed E-state index contributed by atoms with van der Waals surface area (Å²) in [5, 5.41) is 15.4. The first-order valence-corrected chi connectivity index (χ1v) is 5.27. The maximum absolute atomic E-state index is 5.26. The Morgan fingerprint density at radius 2 is 2.41 bits per heavy atom. The highest BCUT2D eigenvalue weighted by atomic mass is 16.3. The molecule has 6 nitrogen and oxygen atoms in total. The number of aryl methyl sites for hydroxylation is 1. The lowest BCUT2D eigenvalue weighted by molar-refractivity contribution is 0.518. The van der Waals surface area contributed by atoms with E-state index in [0.717, 1.165) is 17.1 Å². The Labute approximate surface area is 97.3 Å². The van der Waals surface area contributed by atoms with E-state index in [1.807, 2.05) is 25.1 Å². The third-order valence-corrected chi connectivity index (χ3v) is 2.42. The Balaban J connectivity index is 1.91. The topological polar surface area (TPSA) is 68.2 Å². The minimum Gasteiger partial charge on any atom is -0.467 e. The molecule has 0 fully saturated rings. The highest BCUT2D eigenvalue weighted by molar-refractivity contribution is 5.66. The van der Waals surface area contributed by atoms with E-state index in [1.54, 1.807) is 17.1 Å². The van der Waals surface area contributed by atoms with Gasteiger partial charge in [0.25, 0.3) is 0 Å². The van der Waals surface area contributed by atoms with Gasteiger partial charge in [-0.25, -0.2) is 0 Å². The third-order valence-electron chi connectivity index (χ3n) is 2.42. The predicted octanol–water partition coefficient (Wildman–Crippen LogP) is 1.64. The molecule has 0 saturated carbocycles. The number of furan rings is 1. The summed E-state index contributed by atoms with van der Waals surface area (Å²) in [6.45, 7) is 2.54. The number of hydrogen-bond acceptors (Lipinski definition) is 5. The van der Waals surface area contributed by atoms with Gasteiger partial charge in [0, 0.05) is 0 Å². The molecular formula is C11H11N5O. The Bertz CT molecular complexity index is 628. The molecule has 0 radical (unpaired) electrons. The number of fused-ring (bicyclic) bond motifs is 1. The Morgan fingerprint density at radius 1 is 1.47 bits per heavy atom. The number of nitrogens with zero attached hydrogens (tertiary/aromatic N) is 4. The van der Waals surface area contributed by atoms with Crippen molar-refractivity contribution >= 4 is 11.3 Å². The fourth-order valence-electron chi connectivity index (χ4n) is 1.68. The molecule has 0 amide bonds. The van der Waals surface area contributed by atoms with E-state index in [4.69, 9.17) is 4.42 Å². The molecule has 0 bridgehead atoms. The molecule has 0 aliphatic carbocycles. The predicted molar refractivity (Wildman–Crippen MR) is 61.6 cm³/mol. The lowest BCUT2D eigenvalue weighted by Gasteiger charge is -2.06. The highest BCUT2D eigenvalue weighted by Crippen LogP contribution is 2.15. The normalized spacial score (nSPS) is 10.9. The van der Waals surface area contributed by atoms with Gasteiger partial charge in [-0.05, 0) is 25.1 Å². The first-order valence-electron chi connectivity index (χ1n) is 5.27. The van der Waals surface area contributed by atoms with E-state index < -0.39 is 0 Å². The molecule has 86 valence electrons. The summed E-state index contributed by atoms with van der Waals surface area (Å²) in [6.07, 6.45) is 3.24. The first-order chi connectivity index (χ1) is 8.33. The highest BCUT2D eigenvalue weighted by Gasteiger charge is 2.06. The average Bonchev–Trinajstić information content (AvgIpc) is 2.95. The summed E-state index contributed by atoms with van der Waals surface area (Å²) in [6, 6.07) is 5.72. The summed E-state index contributed by atoms with van der Waals surface area (Å²) in [5.74, 6) is 0.872. The van der Waals surface area contributed by atoms with Gasteiger partial charge < -0.3 is 9.73 Å². The van der Waals surface area contributed by atoms with Crippen LogP contribution < -0.4 is 5.32 Å². The molecule has 0 unspecified atom stereocenters. The molecule has 3 aromatic rings. The Kier molecular flexibility index (Phi) is 2.25. The second-order valence-corrected chi connectivity index (χ2v) is 3.73. The van der Waals surface area contributed by atoms with Crippen molar-refractivity contribution in [3.63, 3.8) is 0 Å². The molecule has 17 heavy (non-hydrogen) atoms. The molecule has 3 heterocycles. The van der Waals surface area contributed by atoms with Crippen LogP contribution in [0.5, 0.6) is 0 Å². The van der Waals surface area contributed by atoms with E-state index in [2.05, 4.69) is 20.6 Å². The molecular weight excluding hydrogens is 218 g/mol. The number of nitrogens with one attached hydrogen (secondary N) is 1. The van der Waals surface area contributed by atoms with Crippen LogP contribution in [0.2, 0.25) is 0 Å². The molecule has 0 aromatic carbocycles. The van der Waals surface area contributed by atoms with Crippen molar-refractivity contribution in [2.24, 2.45) is 0 Å². The summed E-state index contributed by atoms with van der Waals surface area (Å²) >= 11 is 0. The maximum Gasteiger partial charge on any atom is 0.200 e. The molecule has 0 aliphatic rings. The molecule has 0 spiro atoms. The fourth-order valence-corrected chi connectivity index (χ4v) is 1.68. The molecule has 0 aliphatic heterocycles. The van der Waals surface area contributed by atoms with Gasteiger partial charge in [0.2, 0.25) is 5.65 Å². The average molecular weight is 229 g/mol. The van der Waals surface area contributed by atoms with Crippen molar-refractivity contribution in [3.05, 3.63) is 42.2 Å². The fraction of sp³-hybridized carbons (Fsp3) is 0.182. The number of rotatable bonds is 3. The number of aromatic nitrogens is 4. The minimum atomic E-state index is 0.610. The summed E-state index contributed by atoms with van der Waals surface area (Å²) in [5.41, 5.74) is 2.51. The van der Waals surface area contributed by atoms with Gasteiger partial charge in [0.15, 0.2) is 0 Å². The van der Waals surface area contributed by atoms with Crippen molar-refractivity contribution in [2.75, 3.05) is 5.32 Å². The van der Waals surface area contributed by atoms with Gasteiger partial charge in [-0.15, -0.1) is 10.2 Å². The molecule has 3 aromatic heterocycles. The van der Waals surface area contributed by atoms with Crippen molar-refractivity contribution in [1.82, 2.24) is 19.8 Å².